The van der Waals surface area contributed by atoms with E-state index < -0.39 is 17.9 Å². The highest BCUT2D eigenvalue weighted by atomic mass is 32.1. The molecule has 6 nitrogen and oxygen atoms in total. The Kier molecular flexibility index (Phi) is 5.72. The summed E-state index contributed by atoms with van der Waals surface area (Å²) < 4.78 is 5.49. The van der Waals surface area contributed by atoms with Gasteiger partial charge in [0.1, 0.15) is 0 Å². The standard InChI is InChI=1S/C26H24N2O4S/c1-17-8-10-19(11-9-17)28-23(29)15-20(25(28)22-7-4-14-33-22)26(31)32-16-24(30)27-13-12-18-5-2-3-6-21(18)27/h2-11,14,20,25H,12-13,15-16H2,1H3/t20-,25-/m1/s1. The second kappa shape index (κ2) is 8.83. The monoisotopic (exact) mass is 460 g/mol. The van der Waals surface area contributed by atoms with Gasteiger partial charge in [0.25, 0.3) is 5.91 Å². The van der Waals surface area contributed by atoms with E-state index in [0.717, 1.165) is 33.8 Å². The Bertz CT molecular complexity index is 1190. The number of amides is 2. The van der Waals surface area contributed by atoms with Gasteiger partial charge in [0.15, 0.2) is 6.61 Å². The van der Waals surface area contributed by atoms with Gasteiger partial charge in [-0.15, -0.1) is 11.3 Å². The number of ether oxygens (including phenoxy) is 1. The van der Waals surface area contributed by atoms with Crippen molar-refractivity contribution < 1.29 is 19.1 Å². The molecule has 2 atom stereocenters. The molecule has 7 heteroatoms. The number of hydrogen-bond donors (Lipinski definition) is 0. The zero-order valence-electron chi connectivity index (χ0n) is 18.3. The van der Waals surface area contributed by atoms with Crippen LogP contribution in [0, 0.1) is 12.8 Å². The second-order valence-corrected chi connectivity index (χ2v) is 9.38. The molecule has 0 bridgehead atoms. The Morgan fingerprint density at radius 1 is 1.06 bits per heavy atom. The molecule has 33 heavy (non-hydrogen) atoms. The molecule has 0 saturated carbocycles. The summed E-state index contributed by atoms with van der Waals surface area (Å²) in [5.41, 5.74) is 3.83. The third kappa shape index (κ3) is 4.04. The lowest BCUT2D eigenvalue weighted by atomic mass is 9.99. The van der Waals surface area contributed by atoms with Crippen molar-refractivity contribution in [1.82, 2.24) is 0 Å². The molecule has 168 valence electrons. The summed E-state index contributed by atoms with van der Waals surface area (Å²) in [6.45, 7) is 2.23. The van der Waals surface area contributed by atoms with Crippen LogP contribution in [0.4, 0.5) is 11.4 Å². The minimum absolute atomic E-state index is 0.0516. The molecule has 2 aliphatic rings. The van der Waals surface area contributed by atoms with Crippen molar-refractivity contribution in [3.63, 3.8) is 0 Å². The molecular weight excluding hydrogens is 436 g/mol. The Labute approximate surface area is 196 Å². The lowest BCUT2D eigenvalue weighted by molar-refractivity contribution is -0.152. The number of nitrogens with zero attached hydrogens (tertiary/aromatic N) is 2. The van der Waals surface area contributed by atoms with E-state index in [0.29, 0.717) is 6.54 Å². The number of aryl methyl sites for hydroxylation is 1. The fourth-order valence-electron chi connectivity index (χ4n) is 4.66. The molecule has 1 saturated heterocycles. The maximum absolute atomic E-state index is 13.1. The van der Waals surface area contributed by atoms with E-state index in [1.807, 2.05) is 73.0 Å². The first-order valence-electron chi connectivity index (χ1n) is 11.0. The molecule has 2 aliphatic heterocycles. The van der Waals surface area contributed by atoms with Crippen LogP contribution in [0.25, 0.3) is 0 Å². The van der Waals surface area contributed by atoms with E-state index in [-0.39, 0.29) is 24.8 Å². The summed E-state index contributed by atoms with van der Waals surface area (Å²) in [5, 5.41) is 1.93. The first-order valence-corrected chi connectivity index (χ1v) is 11.9. The molecule has 0 aliphatic carbocycles. The summed E-state index contributed by atoms with van der Waals surface area (Å²) in [4.78, 5) is 43.2. The molecule has 1 fully saturated rings. The number of anilines is 2. The third-order valence-electron chi connectivity index (χ3n) is 6.30. The van der Waals surface area contributed by atoms with Crippen LogP contribution >= 0.6 is 11.3 Å². The number of esters is 1. The van der Waals surface area contributed by atoms with Crippen LogP contribution < -0.4 is 9.80 Å². The highest BCUT2D eigenvalue weighted by Gasteiger charge is 2.46. The van der Waals surface area contributed by atoms with Crippen molar-refractivity contribution in [2.45, 2.75) is 25.8 Å². The maximum atomic E-state index is 13.1. The molecule has 2 amide bonds. The summed E-state index contributed by atoms with van der Waals surface area (Å²) in [5.74, 6) is -1.56. The lowest BCUT2D eigenvalue weighted by Crippen LogP contribution is -2.35. The molecule has 0 spiro atoms. The topological polar surface area (TPSA) is 66.9 Å². The summed E-state index contributed by atoms with van der Waals surface area (Å²) in [6, 6.07) is 18.9. The van der Waals surface area contributed by atoms with Gasteiger partial charge >= 0.3 is 5.97 Å². The molecule has 0 N–H and O–H groups in total. The minimum Gasteiger partial charge on any atom is -0.455 e. The van der Waals surface area contributed by atoms with Crippen LogP contribution in [0.2, 0.25) is 0 Å². The van der Waals surface area contributed by atoms with Gasteiger partial charge < -0.3 is 14.5 Å². The normalized spacial score (nSPS) is 19.6. The molecule has 0 unspecified atom stereocenters. The number of hydrogen-bond acceptors (Lipinski definition) is 5. The van der Waals surface area contributed by atoms with Crippen LogP contribution in [-0.2, 0) is 25.5 Å². The van der Waals surface area contributed by atoms with E-state index in [1.54, 1.807) is 9.80 Å². The van der Waals surface area contributed by atoms with Crippen LogP contribution in [-0.4, -0.2) is 30.9 Å². The van der Waals surface area contributed by atoms with Gasteiger partial charge in [-0.1, -0.05) is 42.0 Å². The van der Waals surface area contributed by atoms with Crippen LogP contribution in [0.5, 0.6) is 0 Å². The van der Waals surface area contributed by atoms with E-state index in [2.05, 4.69) is 0 Å². The molecule has 1 aromatic heterocycles. The highest BCUT2D eigenvalue weighted by Crippen LogP contribution is 2.43. The number of carbonyl (C=O) groups is 3. The lowest BCUT2D eigenvalue weighted by Gasteiger charge is -2.27. The summed E-state index contributed by atoms with van der Waals surface area (Å²) in [7, 11) is 0. The number of rotatable bonds is 5. The second-order valence-electron chi connectivity index (χ2n) is 8.40. The average Bonchev–Trinajstić information content (AvgIpc) is 3.56. The first kappa shape index (κ1) is 21.4. The Morgan fingerprint density at radius 2 is 1.85 bits per heavy atom. The smallest absolute Gasteiger partial charge is 0.312 e. The van der Waals surface area contributed by atoms with Crippen molar-refractivity contribution >= 4 is 40.5 Å². The molecule has 0 radical (unpaired) electrons. The van der Waals surface area contributed by atoms with Crippen molar-refractivity contribution in [3.05, 3.63) is 82.0 Å². The molecule has 2 aromatic carbocycles. The van der Waals surface area contributed by atoms with Gasteiger partial charge in [-0.3, -0.25) is 14.4 Å². The zero-order chi connectivity index (χ0) is 22.9. The largest absolute Gasteiger partial charge is 0.455 e. The zero-order valence-corrected chi connectivity index (χ0v) is 19.1. The van der Waals surface area contributed by atoms with Gasteiger partial charge in [-0.05, 0) is 48.6 Å². The highest BCUT2D eigenvalue weighted by molar-refractivity contribution is 7.10. The molecule has 5 rings (SSSR count). The predicted octanol–water partition coefficient (Wildman–Crippen LogP) is 4.28. The minimum atomic E-state index is -0.670. The van der Waals surface area contributed by atoms with Crippen molar-refractivity contribution in [3.8, 4) is 0 Å². The average molecular weight is 461 g/mol. The molecular formula is C26H24N2O4S. The predicted molar refractivity (Wildman–Crippen MR) is 127 cm³/mol. The Balaban J connectivity index is 1.33. The number of para-hydroxylation sites is 1. The van der Waals surface area contributed by atoms with Gasteiger partial charge in [0, 0.05) is 29.2 Å². The van der Waals surface area contributed by atoms with Gasteiger partial charge in [0.2, 0.25) is 5.91 Å². The molecule has 3 heterocycles. The van der Waals surface area contributed by atoms with Crippen molar-refractivity contribution in [1.29, 1.82) is 0 Å². The van der Waals surface area contributed by atoms with Gasteiger partial charge in [0.05, 0.1) is 12.0 Å². The van der Waals surface area contributed by atoms with E-state index in [9.17, 15) is 14.4 Å². The van der Waals surface area contributed by atoms with E-state index in [1.165, 1.54) is 11.3 Å². The Hall–Kier alpha value is -3.45. The summed E-state index contributed by atoms with van der Waals surface area (Å²) in [6.07, 6.45) is 0.842. The van der Waals surface area contributed by atoms with E-state index in [4.69, 9.17) is 4.74 Å². The number of carbonyl (C=O) groups excluding carboxylic acids is 3. The Morgan fingerprint density at radius 3 is 2.61 bits per heavy atom. The third-order valence-corrected chi connectivity index (χ3v) is 7.24. The fourth-order valence-corrected chi connectivity index (χ4v) is 5.54. The number of benzene rings is 2. The summed E-state index contributed by atoms with van der Waals surface area (Å²) >= 11 is 1.51. The van der Waals surface area contributed by atoms with Gasteiger partial charge in [-0.2, -0.15) is 0 Å². The molecule has 3 aromatic rings. The van der Waals surface area contributed by atoms with Crippen molar-refractivity contribution in [2.24, 2.45) is 5.92 Å². The van der Waals surface area contributed by atoms with Crippen LogP contribution in [0.3, 0.4) is 0 Å². The number of fused-ring (bicyclic) bond motifs is 1. The quantitative estimate of drug-likeness (QED) is 0.533. The number of thiophene rings is 1. The van der Waals surface area contributed by atoms with E-state index >= 15 is 0 Å². The van der Waals surface area contributed by atoms with Crippen LogP contribution in [0.1, 0.15) is 28.5 Å². The van der Waals surface area contributed by atoms with Crippen molar-refractivity contribution in [2.75, 3.05) is 23.0 Å². The van der Waals surface area contributed by atoms with Crippen LogP contribution in [0.15, 0.2) is 66.0 Å². The fraction of sp³-hybridized carbons (Fsp3) is 0.269. The van der Waals surface area contributed by atoms with Gasteiger partial charge in [-0.25, -0.2) is 0 Å². The maximum Gasteiger partial charge on any atom is 0.312 e. The first-order chi connectivity index (χ1) is 16.0. The SMILES string of the molecule is Cc1ccc(N2C(=O)C[C@@H](C(=O)OCC(=O)N3CCc4ccccc43)[C@@H]2c2cccs2)cc1.